The van der Waals surface area contributed by atoms with Crippen molar-refractivity contribution < 1.29 is 22.7 Å². The number of rotatable bonds is 3. The molecule has 0 aromatic heterocycles. The summed E-state index contributed by atoms with van der Waals surface area (Å²) >= 11 is 0. The summed E-state index contributed by atoms with van der Waals surface area (Å²) in [7, 11) is 0. The predicted octanol–water partition coefficient (Wildman–Crippen LogP) is 2.47. The van der Waals surface area contributed by atoms with Crippen LogP contribution in [0.3, 0.4) is 0 Å². The van der Waals surface area contributed by atoms with Crippen molar-refractivity contribution in [2.45, 2.75) is 50.8 Å². The molecule has 0 aromatic rings. The average molecular weight is 210 g/mol. The van der Waals surface area contributed by atoms with Crippen molar-refractivity contribution >= 4 is 5.97 Å². The minimum absolute atomic E-state index is 0.367. The molecular formula is C9H13F3O2. The van der Waals surface area contributed by atoms with Crippen LogP contribution in [0.25, 0.3) is 0 Å². The number of hydrogen-bond acceptors (Lipinski definition) is 2. The molecule has 1 atom stereocenters. The molecule has 14 heavy (non-hydrogen) atoms. The van der Waals surface area contributed by atoms with E-state index in [0.29, 0.717) is 12.8 Å². The van der Waals surface area contributed by atoms with Crippen LogP contribution in [0.1, 0.15) is 32.1 Å². The van der Waals surface area contributed by atoms with Crippen LogP contribution >= 0.6 is 0 Å². The second-order valence-corrected chi connectivity index (χ2v) is 3.43. The Hall–Kier alpha value is -0.740. The second kappa shape index (κ2) is 5.22. The van der Waals surface area contributed by atoms with E-state index < -0.39 is 18.6 Å². The van der Waals surface area contributed by atoms with Crippen LogP contribution in [0, 0.1) is 0 Å². The van der Waals surface area contributed by atoms with Gasteiger partial charge in [0.05, 0.1) is 0 Å². The summed E-state index contributed by atoms with van der Waals surface area (Å²) in [6.07, 6.45) is -2.27. The second-order valence-electron chi connectivity index (χ2n) is 3.43. The molecule has 1 unspecified atom stereocenters. The van der Waals surface area contributed by atoms with E-state index in [0.717, 1.165) is 19.3 Å². The first kappa shape index (κ1) is 11.3. The van der Waals surface area contributed by atoms with Gasteiger partial charge in [0.2, 0.25) is 0 Å². The van der Waals surface area contributed by atoms with Gasteiger partial charge < -0.3 is 4.74 Å². The molecule has 5 heteroatoms. The van der Waals surface area contributed by atoms with Crippen LogP contribution in [-0.2, 0) is 9.53 Å². The van der Waals surface area contributed by atoms with Gasteiger partial charge in [-0.3, -0.25) is 0 Å². The van der Waals surface area contributed by atoms with Crippen molar-refractivity contribution in [3.05, 3.63) is 0 Å². The van der Waals surface area contributed by atoms with E-state index in [4.69, 9.17) is 0 Å². The Morgan fingerprint density at radius 3 is 2.21 bits per heavy atom. The zero-order valence-corrected chi connectivity index (χ0v) is 7.72. The van der Waals surface area contributed by atoms with Crippen LogP contribution in [0.4, 0.5) is 13.2 Å². The van der Waals surface area contributed by atoms with Crippen LogP contribution in [0.15, 0.2) is 0 Å². The van der Waals surface area contributed by atoms with Gasteiger partial charge in [0.25, 0.3) is 12.6 Å². The van der Waals surface area contributed by atoms with E-state index in [9.17, 15) is 18.0 Å². The average Bonchev–Trinajstić information content (AvgIpc) is 2.18. The number of alkyl halides is 3. The minimum atomic E-state index is -3.29. The van der Waals surface area contributed by atoms with E-state index in [-0.39, 0.29) is 6.10 Å². The summed E-state index contributed by atoms with van der Waals surface area (Å²) in [5, 5.41) is 0. The quantitative estimate of drug-likeness (QED) is 0.669. The number of carbonyl (C=O) groups excluding carboxylic acids is 1. The van der Waals surface area contributed by atoms with Crippen LogP contribution < -0.4 is 0 Å². The van der Waals surface area contributed by atoms with Gasteiger partial charge in [-0.15, -0.1) is 0 Å². The molecule has 1 rings (SSSR count). The number of halogens is 3. The Morgan fingerprint density at radius 1 is 1.14 bits per heavy atom. The molecule has 1 saturated carbocycles. The van der Waals surface area contributed by atoms with E-state index >= 15 is 0 Å². The van der Waals surface area contributed by atoms with Gasteiger partial charge in [0.15, 0.2) is 0 Å². The highest BCUT2D eigenvalue weighted by Gasteiger charge is 2.31. The lowest BCUT2D eigenvalue weighted by molar-refractivity contribution is -0.162. The lowest BCUT2D eigenvalue weighted by Gasteiger charge is -2.22. The molecule has 0 bridgehead atoms. The fourth-order valence-corrected chi connectivity index (χ4v) is 1.52. The van der Waals surface area contributed by atoms with E-state index in [2.05, 4.69) is 4.74 Å². The lowest BCUT2D eigenvalue weighted by atomic mass is 9.98. The van der Waals surface area contributed by atoms with E-state index in [1.54, 1.807) is 0 Å². The highest BCUT2D eigenvalue weighted by atomic mass is 19.3. The van der Waals surface area contributed by atoms with Crippen LogP contribution in [0.2, 0.25) is 0 Å². The molecular weight excluding hydrogens is 197 g/mol. The highest BCUT2D eigenvalue weighted by molar-refractivity contribution is 5.75. The molecule has 1 aliphatic carbocycles. The first-order chi connectivity index (χ1) is 6.61. The fraction of sp³-hybridized carbons (Fsp3) is 0.889. The molecule has 0 spiro atoms. The molecule has 0 radical (unpaired) electrons. The molecule has 0 saturated heterocycles. The molecule has 1 fully saturated rings. The molecule has 0 aromatic carbocycles. The maximum atomic E-state index is 12.4. The SMILES string of the molecule is O=C(OC1CCCCC1)C(F)C(F)F. The van der Waals surface area contributed by atoms with Gasteiger partial charge >= 0.3 is 5.97 Å². The Bertz CT molecular complexity index is 190. The molecule has 1 aliphatic rings. The number of hydrogen-bond donors (Lipinski definition) is 0. The highest BCUT2D eigenvalue weighted by Crippen LogP contribution is 2.21. The largest absolute Gasteiger partial charge is 0.460 e. The molecule has 0 amide bonds. The van der Waals surface area contributed by atoms with Crippen molar-refractivity contribution in [2.24, 2.45) is 0 Å². The summed E-state index contributed by atoms with van der Waals surface area (Å²) < 4.78 is 40.6. The maximum Gasteiger partial charge on any atom is 0.347 e. The first-order valence-electron chi connectivity index (χ1n) is 4.74. The molecule has 82 valence electrons. The number of carbonyl (C=O) groups is 1. The molecule has 2 nitrogen and oxygen atoms in total. The normalized spacial score (nSPS) is 20.9. The Balaban J connectivity index is 2.31. The predicted molar refractivity (Wildman–Crippen MR) is 43.9 cm³/mol. The zero-order chi connectivity index (χ0) is 10.6. The van der Waals surface area contributed by atoms with Crippen molar-refractivity contribution in [1.29, 1.82) is 0 Å². The smallest absolute Gasteiger partial charge is 0.347 e. The zero-order valence-electron chi connectivity index (χ0n) is 7.72. The summed E-state index contributed by atoms with van der Waals surface area (Å²) in [6.45, 7) is 0. The van der Waals surface area contributed by atoms with Crippen LogP contribution in [0.5, 0.6) is 0 Å². The third kappa shape index (κ3) is 3.20. The summed E-state index contributed by atoms with van der Waals surface area (Å²) in [4.78, 5) is 10.8. The Morgan fingerprint density at radius 2 is 1.71 bits per heavy atom. The van der Waals surface area contributed by atoms with Crippen molar-refractivity contribution in [1.82, 2.24) is 0 Å². The number of ether oxygens (including phenoxy) is 1. The monoisotopic (exact) mass is 210 g/mol. The van der Waals surface area contributed by atoms with Crippen molar-refractivity contribution in [2.75, 3.05) is 0 Å². The van der Waals surface area contributed by atoms with E-state index in [1.165, 1.54) is 0 Å². The fourth-order valence-electron chi connectivity index (χ4n) is 1.52. The maximum absolute atomic E-state index is 12.4. The van der Waals surface area contributed by atoms with Gasteiger partial charge in [-0.05, 0) is 25.7 Å². The standard InChI is InChI=1S/C9H13F3O2/c10-7(8(11)12)9(13)14-6-4-2-1-3-5-6/h6-8H,1-5H2. The topological polar surface area (TPSA) is 26.3 Å². The third-order valence-corrected chi connectivity index (χ3v) is 2.28. The Kier molecular flexibility index (Phi) is 4.22. The van der Waals surface area contributed by atoms with Gasteiger partial charge in [-0.1, -0.05) is 6.42 Å². The first-order valence-corrected chi connectivity index (χ1v) is 4.74. The van der Waals surface area contributed by atoms with Gasteiger partial charge in [0, 0.05) is 0 Å². The van der Waals surface area contributed by atoms with Gasteiger partial charge in [-0.25, -0.2) is 18.0 Å². The van der Waals surface area contributed by atoms with E-state index in [1.807, 2.05) is 0 Å². The lowest BCUT2D eigenvalue weighted by Crippen LogP contribution is -2.31. The van der Waals surface area contributed by atoms with Gasteiger partial charge in [0.1, 0.15) is 6.10 Å². The van der Waals surface area contributed by atoms with Crippen molar-refractivity contribution in [3.8, 4) is 0 Å². The number of esters is 1. The summed E-state index contributed by atoms with van der Waals surface area (Å²) in [5.74, 6) is -1.42. The van der Waals surface area contributed by atoms with Crippen molar-refractivity contribution in [3.63, 3.8) is 0 Å². The van der Waals surface area contributed by atoms with Crippen LogP contribution in [-0.4, -0.2) is 24.7 Å². The third-order valence-electron chi connectivity index (χ3n) is 2.28. The molecule has 0 heterocycles. The summed E-state index contributed by atoms with van der Waals surface area (Å²) in [6, 6.07) is 0. The van der Waals surface area contributed by atoms with Gasteiger partial charge in [-0.2, -0.15) is 0 Å². The minimum Gasteiger partial charge on any atom is -0.460 e. The summed E-state index contributed by atoms with van der Waals surface area (Å²) in [5.41, 5.74) is 0. The molecule has 0 aliphatic heterocycles. The molecule has 0 N–H and O–H groups in total. The Labute approximate surface area is 80.4 Å².